The normalized spacial score (nSPS) is 13.1. The van der Waals surface area contributed by atoms with E-state index in [1.165, 1.54) is 12.1 Å². The van der Waals surface area contributed by atoms with E-state index < -0.39 is 0 Å². The Balaban J connectivity index is 2.03. The average molecular weight is 405 g/mol. The number of benzene rings is 1. The van der Waals surface area contributed by atoms with E-state index in [0.717, 1.165) is 18.5 Å². The van der Waals surface area contributed by atoms with E-state index in [2.05, 4.69) is 31.9 Å². The molecule has 98 valence electrons. The Kier molecular flexibility index (Phi) is 3.51. The van der Waals surface area contributed by atoms with Gasteiger partial charge in [-0.05, 0) is 62.2 Å². The van der Waals surface area contributed by atoms with Crippen molar-refractivity contribution in [2.24, 2.45) is 5.73 Å². The smallest absolute Gasteiger partial charge is 0.134 e. The molecule has 0 aliphatic heterocycles. The van der Waals surface area contributed by atoms with Crippen molar-refractivity contribution >= 4 is 54.2 Å². The van der Waals surface area contributed by atoms with Crippen molar-refractivity contribution in [3.8, 4) is 0 Å². The number of rotatable bonds is 2. The first-order valence-corrected chi connectivity index (χ1v) is 7.84. The van der Waals surface area contributed by atoms with E-state index in [9.17, 15) is 4.39 Å². The monoisotopic (exact) mass is 403 g/mol. The van der Waals surface area contributed by atoms with Crippen LogP contribution in [-0.2, 0) is 0 Å². The Hall–Kier alpha value is -0.690. The first kappa shape index (κ1) is 13.3. The highest BCUT2D eigenvalue weighted by Gasteiger charge is 2.18. The van der Waals surface area contributed by atoms with Gasteiger partial charge in [0.2, 0.25) is 0 Å². The van der Waals surface area contributed by atoms with Gasteiger partial charge in [0.1, 0.15) is 17.2 Å². The van der Waals surface area contributed by atoms with Crippen molar-refractivity contribution in [2.45, 2.75) is 6.04 Å². The van der Waals surface area contributed by atoms with Crippen LogP contribution < -0.4 is 5.73 Å². The third-order valence-electron chi connectivity index (χ3n) is 2.77. The quantitative estimate of drug-likeness (QED) is 0.636. The van der Waals surface area contributed by atoms with Gasteiger partial charge >= 0.3 is 0 Å². The molecular formula is C13H8Br2FNOS. The maximum Gasteiger partial charge on any atom is 0.134 e. The summed E-state index contributed by atoms with van der Waals surface area (Å²) in [5, 5.41) is 0.722. The molecule has 0 spiro atoms. The van der Waals surface area contributed by atoms with Gasteiger partial charge in [0.05, 0.1) is 9.83 Å². The predicted molar refractivity (Wildman–Crippen MR) is 81.9 cm³/mol. The summed E-state index contributed by atoms with van der Waals surface area (Å²) in [5.74, 6) is 0.344. The van der Waals surface area contributed by atoms with Crippen LogP contribution in [0.1, 0.15) is 16.7 Å². The number of hydrogen-bond acceptors (Lipinski definition) is 3. The summed E-state index contributed by atoms with van der Waals surface area (Å²) in [6.07, 6.45) is 0. The molecule has 2 N–H and O–H groups in total. The van der Waals surface area contributed by atoms with E-state index in [1.807, 2.05) is 6.07 Å². The van der Waals surface area contributed by atoms with Crippen molar-refractivity contribution in [3.05, 3.63) is 55.0 Å². The second kappa shape index (κ2) is 5.01. The Bertz CT molecular complexity index is 733. The number of fused-ring (bicyclic) bond motifs is 1. The lowest BCUT2D eigenvalue weighted by molar-refractivity contribution is 0.527. The largest absolute Gasteiger partial charge is 0.459 e. The number of furan rings is 1. The Morgan fingerprint density at radius 3 is 2.68 bits per heavy atom. The van der Waals surface area contributed by atoms with Gasteiger partial charge in [-0.25, -0.2) is 4.39 Å². The number of nitrogens with two attached hydrogens (primary N) is 1. The Morgan fingerprint density at radius 2 is 2.00 bits per heavy atom. The summed E-state index contributed by atoms with van der Waals surface area (Å²) >= 11 is 8.41. The fourth-order valence-electron chi connectivity index (χ4n) is 1.84. The van der Waals surface area contributed by atoms with Crippen LogP contribution in [0, 0.1) is 5.82 Å². The van der Waals surface area contributed by atoms with Crippen LogP contribution in [0.15, 0.2) is 43.0 Å². The lowest BCUT2D eigenvalue weighted by Gasteiger charge is -2.04. The Morgan fingerprint density at radius 1 is 1.21 bits per heavy atom. The molecule has 1 atom stereocenters. The second-order valence-electron chi connectivity index (χ2n) is 4.08. The zero-order chi connectivity index (χ0) is 13.6. The first-order chi connectivity index (χ1) is 9.04. The lowest BCUT2D eigenvalue weighted by atomic mass is 10.2. The van der Waals surface area contributed by atoms with Gasteiger partial charge in [0.25, 0.3) is 0 Å². The van der Waals surface area contributed by atoms with Gasteiger partial charge in [0, 0.05) is 14.7 Å². The molecule has 2 nitrogen and oxygen atoms in total. The van der Waals surface area contributed by atoms with E-state index in [4.69, 9.17) is 10.2 Å². The average Bonchev–Trinajstić information content (AvgIpc) is 2.92. The molecular weight excluding hydrogens is 397 g/mol. The number of halogens is 3. The molecule has 0 bridgehead atoms. The summed E-state index contributed by atoms with van der Waals surface area (Å²) in [5.41, 5.74) is 6.82. The van der Waals surface area contributed by atoms with Crippen LogP contribution in [0.5, 0.6) is 0 Å². The highest BCUT2D eigenvalue weighted by atomic mass is 79.9. The minimum atomic E-state index is -0.358. The third kappa shape index (κ3) is 2.50. The molecule has 1 aromatic carbocycles. The van der Waals surface area contributed by atoms with Crippen molar-refractivity contribution < 1.29 is 8.81 Å². The number of thiophene rings is 1. The van der Waals surface area contributed by atoms with Crippen LogP contribution >= 0.6 is 43.2 Å². The van der Waals surface area contributed by atoms with Gasteiger partial charge in [-0.15, -0.1) is 11.3 Å². The van der Waals surface area contributed by atoms with Crippen LogP contribution in [0.25, 0.3) is 11.0 Å². The highest BCUT2D eigenvalue weighted by Crippen LogP contribution is 2.37. The topological polar surface area (TPSA) is 39.2 Å². The van der Waals surface area contributed by atoms with E-state index in [-0.39, 0.29) is 11.9 Å². The van der Waals surface area contributed by atoms with Crippen LogP contribution in [0.2, 0.25) is 0 Å². The van der Waals surface area contributed by atoms with Crippen molar-refractivity contribution in [1.82, 2.24) is 0 Å². The van der Waals surface area contributed by atoms with Gasteiger partial charge in [-0.1, -0.05) is 0 Å². The van der Waals surface area contributed by atoms with E-state index in [0.29, 0.717) is 11.3 Å². The minimum absolute atomic E-state index is 0.282. The number of hydrogen-bond donors (Lipinski definition) is 1. The molecule has 19 heavy (non-hydrogen) atoms. The molecule has 0 fully saturated rings. The van der Waals surface area contributed by atoms with Crippen LogP contribution in [-0.4, -0.2) is 0 Å². The van der Waals surface area contributed by atoms with Gasteiger partial charge in [-0.2, -0.15) is 0 Å². The van der Waals surface area contributed by atoms with Crippen LogP contribution in [0.3, 0.4) is 0 Å². The summed E-state index contributed by atoms with van der Waals surface area (Å²) in [7, 11) is 0. The van der Waals surface area contributed by atoms with Gasteiger partial charge in [-0.3, -0.25) is 0 Å². The van der Waals surface area contributed by atoms with Crippen molar-refractivity contribution in [2.75, 3.05) is 0 Å². The standard InChI is InChI=1S/C13H8Br2FNOS/c14-8-5-11(19-13(8)15)12(17)10-4-6-3-7(16)1-2-9(6)18-10/h1-5,12H,17H2. The third-order valence-corrected chi connectivity index (χ3v) is 6.11. The summed E-state index contributed by atoms with van der Waals surface area (Å²) in [4.78, 5) is 0.971. The fraction of sp³-hybridized carbons (Fsp3) is 0.0769. The second-order valence-corrected chi connectivity index (χ2v) is 7.34. The maximum atomic E-state index is 13.1. The zero-order valence-corrected chi connectivity index (χ0v) is 13.5. The maximum absolute atomic E-state index is 13.1. The van der Waals surface area contributed by atoms with E-state index >= 15 is 0 Å². The summed E-state index contributed by atoms with van der Waals surface area (Å²) in [6, 6.07) is 7.80. The molecule has 2 heterocycles. The molecule has 1 unspecified atom stereocenters. The molecule has 0 radical (unpaired) electrons. The van der Waals surface area contributed by atoms with Crippen molar-refractivity contribution in [3.63, 3.8) is 0 Å². The Labute approximate surface area is 129 Å². The molecule has 2 aromatic heterocycles. The molecule has 3 aromatic rings. The van der Waals surface area contributed by atoms with Gasteiger partial charge < -0.3 is 10.2 Å². The fourth-order valence-corrected chi connectivity index (χ4v) is 3.94. The van der Waals surface area contributed by atoms with Crippen molar-refractivity contribution in [1.29, 1.82) is 0 Å². The predicted octanol–water partition coefficient (Wildman–Crippen LogP) is 5.21. The lowest BCUT2D eigenvalue weighted by Crippen LogP contribution is -2.08. The SMILES string of the molecule is NC(c1cc2cc(F)ccc2o1)c1cc(Br)c(Br)s1. The first-order valence-electron chi connectivity index (χ1n) is 5.44. The highest BCUT2D eigenvalue weighted by molar-refractivity contribution is 9.13. The molecule has 0 saturated carbocycles. The molecule has 0 aliphatic carbocycles. The molecule has 6 heteroatoms. The molecule has 0 saturated heterocycles. The zero-order valence-electron chi connectivity index (χ0n) is 9.49. The summed E-state index contributed by atoms with van der Waals surface area (Å²) < 4.78 is 20.8. The molecule has 3 rings (SSSR count). The molecule has 0 aliphatic rings. The van der Waals surface area contributed by atoms with Gasteiger partial charge in [0.15, 0.2) is 0 Å². The van der Waals surface area contributed by atoms with E-state index in [1.54, 1.807) is 23.5 Å². The molecule has 0 amide bonds. The minimum Gasteiger partial charge on any atom is -0.459 e. The summed E-state index contributed by atoms with van der Waals surface area (Å²) in [6.45, 7) is 0. The van der Waals surface area contributed by atoms with Crippen LogP contribution in [0.4, 0.5) is 4.39 Å².